The Morgan fingerprint density at radius 1 is 1.04 bits per heavy atom. The van der Waals surface area contributed by atoms with Gasteiger partial charge in [0.25, 0.3) is 0 Å². The molecule has 2 aromatic carbocycles. The van der Waals surface area contributed by atoms with Crippen molar-refractivity contribution in [2.24, 2.45) is 0 Å². The topological polar surface area (TPSA) is 29.1 Å². The molecule has 0 fully saturated rings. The van der Waals surface area contributed by atoms with Gasteiger partial charge in [0.05, 0.1) is 11.3 Å². The average molecular weight is 406 g/mol. The van der Waals surface area contributed by atoms with Gasteiger partial charge in [-0.15, -0.1) is 23.5 Å². The smallest absolute Gasteiger partial charge is 0.355 e. The summed E-state index contributed by atoms with van der Waals surface area (Å²) in [6, 6.07) is 12.4. The third kappa shape index (κ3) is 7.22. The van der Waals surface area contributed by atoms with Crippen molar-refractivity contribution in [3.8, 4) is 0 Å². The summed E-state index contributed by atoms with van der Waals surface area (Å²) in [6.45, 7) is 0.481. The second-order valence-corrected chi connectivity index (χ2v) is 7.62. The molecular formula is C17H15ClF3NOS2. The number of nitrogens with one attached hydrogen (secondary N) is 1. The lowest BCUT2D eigenvalue weighted by atomic mass is 10.2. The molecule has 0 bridgehead atoms. The maximum atomic E-state index is 12.6. The van der Waals surface area contributed by atoms with Crippen LogP contribution < -0.4 is 5.32 Å². The molecule has 25 heavy (non-hydrogen) atoms. The van der Waals surface area contributed by atoms with E-state index < -0.39 is 11.7 Å². The van der Waals surface area contributed by atoms with Gasteiger partial charge < -0.3 is 5.32 Å². The van der Waals surface area contributed by atoms with Crippen LogP contribution in [0.3, 0.4) is 0 Å². The first kappa shape index (κ1) is 20.0. The Labute approximate surface area is 157 Å². The van der Waals surface area contributed by atoms with Crippen molar-refractivity contribution >= 4 is 41.0 Å². The zero-order valence-corrected chi connectivity index (χ0v) is 15.4. The number of halogens is 4. The van der Waals surface area contributed by atoms with Crippen molar-refractivity contribution in [3.63, 3.8) is 0 Å². The van der Waals surface area contributed by atoms with Gasteiger partial charge in [0.2, 0.25) is 5.91 Å². The van der Waals surface area contributed by atoms with E-state index in [9.17, 15) is 18.0 Å². The minimum atomic E-state index is -4.38. The monoisotopic (exact) mass is 405 g/mol. The van der Waals surface area contributed by atoms with Crippen molar-refractivity contribution in [3.05, 3.63) is 59.1 Å². The largest absolute Gasteiger partial charge is 0.416 e. The highest BCUT2D eigenvalue weighted by molar-refractivity contribution is 8.00. The van der Waals surface area contributed by atoms with Gasteiger partial charge in [0.1, 0.15) is 0 Å². The molecule has 0 aliphatic rings. The molecule has 134 valence electrons. The first-order valence-electron chi connectivity index (χ1n) is 7.30. The Morgan fingerprint density at radius 2 is 1.76 bits per heavy atom. The van der Waals surface area contributed by atoms with Crippen LogP contribution in [0.5, 0.6) is 0 Å². The first-order chi connectivity index (χ1) is 11.8. The molecule has 0 atom stereocenters. The number of rotatable bonds is 7. The van der Waals surface area contributed by atoms with Crippen molar-refractivity contribution in [2.45, 2.75) is 16.0 Å². The third-order valence-electron chi connectivity index (χ3n) is 3.04. The lowest BCUT2D eigenvalue weighted by molar-refractivity contribution is -0.137. The van der Waals surface area contributed by atoms with E-state index in [1.807, 2.05) is 12.1 Å². The molecule has 0 aromatic heterocycles. The Hall–Kier alpha value is -1.31. The van der Waals surface area contributed by atoms with E-state index in [-0.39, 0.29) is 11.7 Å². The lowest BCUT2D eigenvalue weighted by Crippen LogP contribution is -2.27. The zero-order chi connectivity index (χ0) is 18.3. The SMILES string of the molecule is O=C(CSc1cccc(C(F)(F)F)c1)NCCSc1ccc(Cl)cc1. The fraction of sp³-hybridized carbons (Fsp3) is 0.235. The van der Waals surface area contributed by atoms with Crippen LogP contribution in [0.2, 0.25) is 5.02 Å². The van der Waals surface area contributed by atoms with E-state index in [0.717, 1.165) is 28.8 Å². The number of amides is 1. The van der Waals surface area contributed by atoms with E-state index in [1.165, 1.54) is 6.07 Å². The Morgan fingerprint density at radius 3 is 2.44 bits per heavy atom. The van der Waals surface area contributed by atoms with Crippen LogP contribution in [-0.2, 0) is 11.0 Å². The van der Waals surface area contributed by atoms with Crippen molar-refractivity contribution in [2.75, 3.05) is 18.1 Å². The molecule has 0 radical (unpaired) electrons. The van der Waals surface area contributed by atoms with E-state index in [1.54, 1.807) is 30.0 Å². The van der Waals surface area contributed by atoms with E-state index in [4.69, 9.17) is 11.6 Å². The van der Waals surface area contributed by atoms with Gasteiger partial charge >= 0.3 is 6.18 Å². The van der Waals surface area contributed by atoms with Gasteiger partial charge in [-0.25, -0.2) is 0 Å². The quantitative estimate of drug-likeness (QED) is 0.496. The molecule has 1 N–H and O–H groups in total. The third-order valence-corrected chi connectivity index (χ3v) is 5.30. The number of alkyl halides is 3. The minimum Gasteiger partial charge on any atom is -0.355 e. The normalized spacial score (nSPS) is 11.4. The van der Waals surface area contributed by atoms with Crippen molar-refractivity contribution in [1.29, 1.82) is 0 Å². The highest BCUT2D eigenvalue weighted by Crippen LogP contribution is 2.31. The molecule has 0 saturated carbocycles. The summed E-state index contributed by atoms with van der Waals surface area (Å²) >= 11 is 8.47. The average Bonchev–Trinajstić information content (AvgIpc) is 2.58. The van der Waals surface area contributed by atoms with Gasteiger partial charge in [-0.2, -0.15) is 13.2 Å². The highest BCUT2D eigenvalue weighted by Gasteiger charge is 2.30. The zero-order valence-electron chi connectivity index (χ0n) is 13.0. The minimum absolute atomic E-state index is 0.0763. The Bertz CT molecular complexity index is 708. The van der Waals surface area contributed by atoms with Crippen molar-refractivity contribution in [1.82, 2.24) is 5.32 Å². The summed E-state index contributed by atoms with van der Waals surface area (Å²) < 4.78 is 37.9. The van der Waals surface area contributed by atoms with Gasteiger partial charge in [0, 0.05) is 27.1 Å². The number of hydrogen-bond donors (Lipinski definition) is 1. The van der Waals surface area contributed by atoms with Crippen LogP contribution in [0, 0.1) is 0 Å². The summed E-state index contributed by atoms with van der Waals surface area (Å²) in [5, 5.41) is 3.42. The molecule has 0 aliphatic carbocycles. The van der Waals surface area contributed by atoms with Crippen LogP contribution in [0.4, 0.5) is 13.2 Å². The highest BCUT2D eigenvalue weighted by atomic mass is 35.5. The first-order valence-corrected chi connectivity index (χ1v) is 9.64. The predicted octanol–water partition coefficient (Wildman–Crippen LogP) is 5.36. The maximum Gasteiger partial charge on any atom is 0.416 e. The van der Waals surface area contributed by atoms with E-state index in [2.05, 4.69) is 5.32 Å². The standard InChI is InChI=1S/C17H15ClF3NOS2/c18-13-4-6-14(7-5-13)24-9-8-22-16(23)11-25-15-3-1-2-12(10-15)17(19,20)21/h1-7,10H,8-9,11H2,(H,22,23). The second-order valence-electron chi connectivity index (χ2n) is 4.97. The van der Waals surface area contributed by atoms with Gasteiger partial charge in [-0.05, 0) is 42.5 Å². The maximum absolute atomic E-state index is 12.6. The molecule has 0 spiro atoms. The van der Waals surface area contributed by atoms with Crippen LogP contribution >= 0.6 is 35.1 Å². The predicted molar refractivity (Wildman–Crippen MR) is 97.4 cm³/mol. The van der Waals surface area contributed by atoms with Crippen LogP contribution in [-0.4, -0.2) is 24.0 Å². The van der Waals surface area contributed by atoms with Crippen LogP contribution in [0.1, 0.15) is 5.56 Å². The summed E-state index contributed by atoms with van der Waals surface area (Å²) in [5.74, 6) is 0.563. The molecule has 0 aliphatic heterocycles. The van der Waals surface area contributed by atoms with Crippen LogP contribution in [0.25, 0.3) is 0 Å². The molecule has 0 saturated heterocycles. The Balaban J connectivity index is 1.69. The molecular weight excluding hydrogens is 391 g/mol. The van der Waals surface area contributed by atoms with Gasteiger partial charge in [0.15, 0.2) is 0 Å². The molecule has 2 rings (SSSR count). The number of thioether (sulfide) groups is 2. The van der Waals surface area contributed by atoms with E-state index in [0.29, 0.717) is 22.2 Å². The summed E-state index contributed by atoms with van der Waals surface area (Å²) in [6.07, 6.45) is -4.38. The fourth-order valence-corrected chi connectivity index (χ4v) is 3.53. The van der Waals surface area contributed by atoms with Crippen molar-refractivity contribution < 1.29 is 18.0 Å². The summed E-state index contributed by atoms with van der Waals surface area (Å²) in [7, 11) is 0. The number of benzene rings is 2. The second kappa shape index (κ2) is 9.40. The lowest BCUT2D eigenvalue weighted by Gasteiger charge is -2.09. The van der Waals surface area contributed by atoms with Gasteiger partial charge in [-0.1, -0.05) is 17.7 Å². The molecule has 1 amide bonds. The molecule has 0 heterocycles. The summed E-state index contributed by atoms with van der Waals surface area (Å²) in [5.41, 5.74) is -0.711. The molecule has 2 aromatic rings. The summed E-state index contributed by atoms with van der Waals surface area (Å²) in [4.78, 5) is 13.2. The molecule has 8 heteroatoms. The Kier molecular flexibility index (Phi) is 7.53. The van der Waals surface area contributed by atoms with E-state index >= 15 is 0 Å². The van der Waals surface area contributed by atoms with Crippen LogP contribution in [0.15, 0.2) is 58.3 Å². The fourth-order valence-electron chi connectivity index (χ4n) is 1.85. The number of carbonyl (C=O) groups excluding carboxylic acids is 1. The molecule has 2 nitrogen and oxygen atoms in total. The molecule has 0 unspecified atom stereocenters. The number of carbonyl (C=O) groups is 1. The van der Waals surface area contributed by atoms with Gasteiger partial charge in [-0.3, -0.25) is 4.79 Å². The number of hydrogen-bond acceptors (Lipinski definition) is 3.